The quantitative estimate of drug-likeness (QED) is 0.844. The summed E-state index contributed by atoms with van der Waals surface area (Å²) >= 11 is 6.13. The minimum absolute atomic E-state index is 0.711. The molecule has 2 rings (SSSR count). The summed E-state index contributed by atoms with van der Waals surface area (Å²) in [7, 11) is 0. The van der Waals surface area contributed by atoms with Crippen LogP contribution in [0.5, 0.6) is 0 Å². The van der Waals surface area contributed by atoms with E-state index in [4.69, 9.17) is 11.6 Å². The second kappa shape index (κ2) is 4.54. The lowest BCUT2D eigenvalue weighted by Crippen LogP contribution is -1.96. The third-order valence-corrected chi connectivity index (χ3v) is 2.71. The molecule has 1 heterocycles. The van der Waals surface area contributed by atoms with Crippen LogP contribution >= 0.6 is 11.6 Å². The highest BCUT2D eigenvalue weighted by atomic mass is 35.5. The fourth-order valence-corrected chi connectivity index (χ4v) is 1.79. The number of nitrogens with zero attached hydrogens (tertiary/aromatic N) is 1. The molecule has 0 spiro atoms. The Morgan fingerprint density at radius 2 is 2.00 bits per heavy atom. The van der Waals surface area contributed by atoms with Crippen molar-refractivity contribution in [3.8, 4) is 0 Å². The molecule has 2 nitrogen and oxygen atoms in total. The van der Waals surface area contributed by atoms with Crippen molar-refractivity contribution in [1.82, 2.24) is 4.98 Å². The molecule has 82 valence electrons. The lowest BCUT2D eigenvalue weighted by atomic mass is 10.2. The van der Waals surface area contributed by atoms with Crippen molar-refractivity contribution in [3.63, 3.8) is 0 Å². The Balaban J connectivity index is 2.34. The van der Waals surface area contributed by atoms with Gasteiger partial charge in [0.05, 0.1) is 10.7 Å². The van der Waals surface area contributed by atoms with Crippen LogP contribution in [-0.2, 0) is 0 Å². The molecule has 0 saturated carbocycles. The summed E-state index contributed by atoms with van der Waals surface area (Å²) in [5.41, 5.74) is 3.19. The molecule has 1 N–H and O–H groups in total. The molecular formula is C13H13ClN2. The molecule has 0 radical (unpaired) electrons. The van der Waals surface area contributed by atoms with E-state index in [1.54, 1.807) is 6.20 Å². The molecule has 3 heteroatoms. The van der Waals surface area contributed by atoms with Crippen molar-refractivity contribution in [2.75, 3.05) is 5.32 Å². The number of para-hydroxylation sites is 1. The van der Waals surface area contributed by atoms with Gasteiger partial charge in [0, 0.05) is 6.20 Å². The monoisotopic (exact) mass is 232 g/mol. The van der Waals surface area contributed by atoms with Crippen LogP contribution in [0.3, 0.4) is 0 Å². The second-order valence-electron chi connectivity index (χ2n) is 3.78. The van der Waals surface area contributed by atoms with Gasteiger partial charge in [0.1, 0.15) is 5.82 Å². The first kappa shape index (κ1) is 11.0. The van der Waals surface area contributed by atoms with E-state index in [1.165, 1.54) is 5.56 Å². The van der Waals surface area contributed by atoms with Crippen LogP contribution in [0.15, 0.2) is 36.5 Å². The van der Waals surface area contributed by atoms with Crippen molar-refractivity contribution in [2.24, 2.45) is 0 Å². The van der Waals surface area contributed by atoms with Crippen molar-refractivity contribution < 1.29 is 0 Å². The van der Waals surface area contributed by atoms with E-state index in [-0.39, 0.29) is 0 Å². The largest absolute Gasteiger partial charge is 0.339 e. The van der Waals surface area contributed by atoms with E-state index in [9.17, 15) is 0 Å². The number of nitrogens with one attached hydrogen (secondary N) is 1. The Bertz CT molecular complexity index is 489. The fraction of sp³-hybridized carbons (Fsp3) is 0.154. The molecule has 0 amide bonds. The topological polar surface area (TPSA) is 24.9 Å². The number of halogens is 1. The maximum atomic E-state index is 6.13. The van der Waals surface area contributed by atoms with Gasteiger partial charge in [-0.25, -0.2) is 4.98 Å². The number of hydrogen-bond donors (Lipinski definition) is 1. The summed E-state index contributed by atoms with van der Waals surface area (Å²) in [5.74, 6) is 0.816. The summed E-state index contributed by atoms with van der Waals surface area (Å²) < 4.78 is 0. The van der Waals surface area contributed by atoms with Gasteiger partial charge in [-0.1, -0.05) is 23.7 Å². The van der Waals surface area contributed by atoms with Gasteiger partial charge in [-0.15, -0.1) is 0 Å². The van der Waals surface area contributed by atoms with Crippen LogP contribution < -0.4 is 5.32 Å². The third kappa shape index (κ3) is 2.34. The Morgan fingerprint density at radius 1 is 1.19 bits per heavy atom. The van der Waals surface area contributed by atoms with Gasteiger partial charge in [-0.3, -0.25) is 0 Å². The van der Waals surface area contributed by atoms with Crippen LogP contribution in [0.2, 0.25) is 5.02 Å². The van der Waals surface area contributed by atoms with Crippen molar-refractivity contribution in [1.29, 1.82) is 0 Å². The smallest absolute Gasteiger partial charge is 0.130 e. The fourth-order valence-electron chi connectivity index (χ4n) is 1.52. The standard InChI is InChI=1S/C13H13ClN2/c1-9-6-7-15-12(8-9)16-13-10(2)4-3-5-11(13)14/h3-8H,1-2H3,(H,15,16). The van der Waals surface area contributed by atoms with E-state index >= 15 is 0 Å². The van der Waals surface area contributed by atoms with E-state index in [0.717, 1.165) is 17.1 Å². The van der Waals surface area contributed by atoms with Crippen molar-refractivity contribution in [3.05, 3.63) is 52.7 Å². The number of rotatable bonds is 2. The predicted octanol–water partition coefficient (Wildman–Crippen LogP) is 4.10. The molecule has 16 heavy (non-hydrogen) atoms. The number of benzene rings is 1. The van der Waals surface area contributed by atoms with Gasteiger partial charge < -0.3 is 5.32 Å². The lowest BCUT2D eigenvalue weighted by molar-refractivity contribution is 1.27. The van der Waals surface area contributed by atoms with E-state index < -0.39 is 0 Å². The van der Waals surface area contributed by atoms with Gasteiger partial charge in [0.2, 0.25) is 0 Å². The molecule has 0 unspecified atom stereocenters. The molecule has 0 atom stereocenters. The lowest BCUT2D eigenvalue weighted by Gasteiger charge is -2.10. The zero-order chi connectivity index (χ0) is 11.5. The number of hydrogen-bond acceptors (Lipinski definition) is 2. The van der Waals surface area contributed by atoms with Gasteiger partial charge in [-0.05, 0) is 43.2 Å². The normalized spacial score (nSPS) is 10.2. The zero-order valence-corrected chi connectivity index (χ0v) is 10.0. The maximum absolute atomic E-state index is 6.13. The number of pyridine rings is 1. The first-order valence-corrected chi connectivity index (χ1v) is 5.49. The van der Waals surface area contributed by atoms with Crippen LogP contribution in [0.4, 0.5) is 11.5 Å². The SMILES string of the molecule is Cc1ccnc(Nc2c(C)cccc2Cl)c1. The van der Waals surface area contributed by atoms with E-state index in [0.29, 0.717) is 5.02 Å². The van der Waals surface area contributed by atoms with Crippen LogP contribution in [0.1, 0.15) is 11.1 Å². The predicted molar refractivity (Wildman–Crippen MR) is 68.4 cm³/mol. The average molecular weight is 233 g/mol. The highest BCUT2D eigenvalue weighted by Crippen LogP contribution is 2.27. The minimum atomic E-state index is 0.711. The van der Waals surface area contributed by atoms with Crippen LogP contribution in [0.25, 0.3) is 0 Å². The molecule has 0 aliphatic carbocycles. The Hall–Kier alpha value is -1.54. The van der Waals surface area contributed by atoms with Gasteiger partial charge in [0.25, 0.3) is 0 Å². The van der Waals surface area contributed by atoms with E-state index in [1.807, 2.05) is 44.2 Å². The molecular weight excluding hydrogens is 220 g/mol. The molecule has 0 fully saturated rings. The molecule has 0 aliphatic rings. The molecule has 1 aromatic heterocycles. The minimum Gasteiger partial charge on any atom is -0.339 e. The van der Waals surface area contributed by atoms with Crippen molar-refractivity contribution in [2.45, 2.75) is 13.8 Å². The van der Waals surface area contributed by atoms with Crippen molar-refractivity contribution >= 4 is 23.1 Å². The summed E-state index contributed by atoms with van der Waals surface area (Å²) in [4.78, 5) is 4.25. The summed E-state index contributed by atoms with van der Waals surface area (Å²) in [6.07, 6.45) is 1.78. The molecule has 2 aromatic rings. The van der Waals surface area contributed by atoms with Gasteiger partial charge in [0.15, 0.2) is 0 Å². The molecule has 0 saturated heterocycles. The zero-order valence-electron chi connectivity index (χ0n) is 9.29. The van der Waals surface area contributed by atoms with Crippen LogP contribution in [0, 0.1) is 13.8 Å². The Kier molecular flexibility index (Phi) is 3.11. The maximum Gasteiger partial charge on any atom is 0.130 e. The third-order valence-electron chi connectivity index (χ3n) is 2.39. The summed E-state index contributed by atoms with van der Waals surface area (Å²) in [6, 6.07) is 9.77. The summed E-state index contributed by atoms with van der Waals surface area (Å²) in [5, 5.41) is 3.95. The Morgan fingerprint density at radius 3 is 2.69 bits per heavy atom. The van der Waals surface area contributed by atoms with E-state index in [2.05, 4.69) is 10.3 Å². The first-order chi connectivity index (χ1) is 7.66. The van der Waals surface area contributed by atoms with Crippen LogP contribution in [-0.4, -0.2) is 4.98 Å². The number of aryl methyl sites for hydroxylation is 2. The number of anilines is 2. The highest BCUT2D eigenvalue weighted by molar-refractivity contribution is 6.33. The van der Waals surface area contributed by atoms with Gasteiger partial charge >= 0.3 is 0 Å². The number of aromatic nitrogens is 1. The first-order valence-electron chi connectivity index (χ1n) is 5.11. The Labute approximate surface area is 100 Å². The highest BCUT2D eigenvalue weighted by Gasteiger charge is 2.04. The van der Waals surface area contributed by atoms with Gasteiger partial charge in [-0.2, -0.15) is 0 Å². The molecule has 0 aliphatic heterocycles. The average Bonchev–Trinajstić information content (AvgIpc) is 2.24. The second-order valence-corrected chi connectivity index (χ2v) is 4.18. The summed E-state index contributed by atoms with van der Waals surface area (Å²) in [6.45, 7) is 4.05. The molecule has 0 bridgehead atoms. The molecule has 1 aromatic carbocycles.